The summed E-state index contributed by atoms with van der Waals surface area (Å²) in [5.74, 6) is 0. The lowest BCUT2D eigenvalue weighted by Crippen LogP contribution is -2.38. The Morgan fingerprint density at radius 1 is 1.35 bits per heavy atom. The summed E-state index contributed by atoms with van der Waals surface area (Å²) in [4.78, 5) is 11.8. The maximum absolute atomic E-state index is 11.8. The molecule has 0 aliphatic carbocycles. The quantitative estimate of drug-likeness (QED) is 0.824. The molecule has 1 aromatic carbocycles. The van der Waals surface area contributed by atoms with Gasteiger partial charge in [0.1, 0.15) is 0 Å². The van der Waals surface area contributed by atoms with Crippen molar-refractivity contribution < 1.29 is 9.53 Å². The van der Waals surface area contributed by atoms with Crippen LogP contribution in [0.25, 0.3) is 0 Å². The zero-order valence-corrected chi connectivity index (χ0v) is 10.2. The topological polar surface area (TPSA) is 50.4 Å². The number of benzene rings is 1. The molecule has 1 saturated heterocycles. The molecule has 1 aliphatic heterocycles. The number of urea groups is 1. The molecule has 1 heterocycles. The normalized spacial score (nSPS) is 19.1. The molecule has 2 amide bonds. The van der Waals surface area contributed by atoms with Gasteiger partial charge < -0.3 is 15.4 Å². The van der Waals surface area contributed by atoms with Gasteiger partial charge in [-0.1, -0.05) is 18.2 Å². The maximum Gasteiger partial charge on any atom is 0.319 e. The van der Waals surface area contributed by atoms with Gasteiger partial charge in [-0.2, -0.15) is 0 Å². The maximum atomic E-state index is 11.8. The Morgan fingerprint density at radius 2 is 2.06 bits per heavy atom. The Balaban J connectivity index is 1.97. The fourth-order valence-corrected chi connectivity index (χ4v) is 1.99. The second kappa shape index (κ2) is 5.19. The van der Waals surface area contributed by atoms with Gasteiger partial charge in [0, 0.05) is 12.3 Å². The van der Waals surface area contributed by atoms with Gasteiger partial charge in [-0.15, -0.1) is 0 Å². The molecular formula is C13H18N2O2. The number of hydrogen-bond acceptors (Lipinski definition) is 2. The SMILES string of the molecule is Cc1cccc(C)c1NC(=O)NC1CCOC1. The first-order valence-electron chi connectivity index (χ1n) is 5.88. The van der Waals surface area contributed by atoms with Gasteiger partial charge in [-0.05, 0) is 31.4 Å². The van der Waals surface area contributed by atoms with Gasteiger partial charge in [0.25, 0.3) is 0 Å². The minimum Gasteiger partial charge on any atom is -0.379 e. The van der Waals surface area contributed by atoms with Crippen LogP contribution in [0.15, 0.2) is 18.2 Å². The van der Waals surface area contributed by atoms with Crippen molar-refractivity contribution >= 4 is 11.7 Å². The van der Waals surface area contributed by atoms with E-state index in [1.165, 1.54) is 0 Å². The summed E-state index contributed by atoms with van der Waals surface area (Å²) < 4.78 is 5.21. The van der Waals surface area contributed by atoms with E-state index >= 15 is 0 Å². The number of carbonyl (C=O) groups excluding carboxylic acids is 1. The zero-order valence-electron chi connectivity index (χ0n) is 10.2. The monoisotopic (exact) mass is 234 g/mol. The molecule has 0 saturated carbocycles. The summed E-state index contributed by atoms with van der Waals surface area (Å²) in [5.41, 5.74) is 3.04. The highest BCUT2D eigenvalue weighted by Crippen LogP contribution is 2.19. The number of amides is 2. The molecule has 1 fully saturated rings. The summed E-state index contributed by atoms with van der Waals surface area (Å²) in [6.45, 7) is 5.32. The van der Waals surface area contributed by atoms with Crippen LogP contribution in [-0.2, 0) is 4.74 Å². The fourth-order valence-electron chi connectivity index (χ4n) is 1.99. The molecule has 1 aliphatic rings. The third-order valence-corrected chi connectivity index (χ3v) is 2.98. The highest BCUT2D eigenvalue weighted by Gasteiger charge is 2.18. The number of aryl methyl sites for hydroxylation is 2. The molecule has 0 radical (unpaired) electrons. The van der Waals surface area contributed by atoms with Crippen LogP contribution in [0.3, 0.4) is 0 Å². The highest BCUT2D eigenvalue weighted by atomic mass is 16.5. The summed E-state index contributed by atoms with van der Waals surface area (Å²) in [6.07, 6.45) is 0.889. The molecule has 2 N–H and O–H groups in total. The average Bonchev–Trinajstić information content (AvgIpc) is 2.76. The van der Waals surface area contributed by atoms with Gasteiger partial charge in [0.05, 0.1) is 12.6 Å². The fraction of sp³-hybridized carbons (Fsp3) is 0.462. The van der Waals surface area contributed by atoms with Gasteiger partial charge >= 0.3 is 6.03 Å². The molecule has 0 spiro atoms. The van der Waals surface area contributed by atoms with Crippen LogP contribution in [0.4, 0.5) is 10.5 Å². The average molecular weight is 234 g/mol. The lowest BCUT2D eigenvalue weighted by molar-refractivity contribution is 0.189. The minimum atomic E-state index is -0.155. The van der Waals surface area contributed by atoms with E-state index in [2.05, 4.69) is 10.6 Å². The number of anilines is 1. The Morgan fingerprint density at radius 3 is 2.65 bits per heavy atom. The third kappa shape index (κ3) is 2.97. The minimum absolute atomic E-state index is 0.138. The summed E-state index contributed by atoms with van der Waals surface area (Å²) >= 11 is 0. The van der Waals surface area contributed by atoms with E-state index in [0.717, 1.165) is 29.8 Å². The smallest absolute Gasteiger partial charge is 0.319 e. The molecule has 0 bridgehead atoms. The van der Waals surface area contributed by atoms with Crippen molar-refractivity contribution in [2.24, 2.45) is 0 Å². The van der Waals surface area contributed by atoms with E-state index in [4.69, 9.17) is 4.74 Å². The Bertz CT molecular complexity index is 392. The second-order valence-corrected chi connectivity index (χ2v) is 4.43. The Hall–Kier alpha value is -1.55. The van der Waals surface area contributed by atoms with Crippen LogP contribution in [0, 0.1) is 13.8 Å². The molecule has 17 heavy (non-hydrogen) atoms. The Labute approximate surface area is 101 Å². The lowest BCUT2D eigenvalue weighted by atomic mass is 10.1. The van der Waals surface area contributed by atoms with Crippen molar-refractivity contribution in [2.45, 2.75) is 26.3 Å². The third-order valence-electron chi connectivity index (χ3n) is 2.98. The van der Waals surface area contributed by atoms with Crippen molar-refractivity contribution in [1.29, 1.82) is 0 Å². The second-order valence-electron chi connectivity index (χ2n) is 4.43. The van der Waals surface area contributed by atoms with E-state index in [9.17, 15) is 4.79 Å². The number of carbonyl (C=O) groups is 1. The van der Waals surface area contributed by atoms with Gasteiger partial charge in [0.2, 0.25) is 0 Å². The highest BCUT2D eigenvalue weighted by molar-refractivity contribution is 5.91. The van der Waals surface area contributed by atoms with Crippen molar-refractivity contribution in [3.8, 4) is 0 Å². The standard InChI is InChI=1S/C13H18N2O2/c1-9-4-3-5-10(2)12(9)15-13(16)14-11-6-7-17-8-11/h3-5,11H,6-8H2,1-2H3,(H2,14,15,16). The van der Waals surface area contributed by atoms with Crippen molar-refractivity contribution in [1.82, 2.24) is 5.32 Å². The van der Waals surface area contributed by atoms with Crippen molar-refractivity contribution in [3.63, 3.8) is 0 Å². The number of nitrogens with one attached hydrogen (secondary N) is 2. The van der Waals surface area contributed by atoms with E-state index in [0.29, 0.717) is 6.61 Å². The van der Waals surface area contributed by atoms with Gasteiger partial charge in [0.15, 0.2) is 0 Å². The predicted molar refractivity (Wildman–Crippen MR) is 67.3 cm³/mol. The molecule has 4 heteroatoms. The summed E-state index contributed by atoms with van der Waals surface area (Å²) in [6, 6.07) is 5.94. The van der Waals surface area contributed by atoms with E-state index in [1.54, 1.807) is 0 Å². The Kier molecular flexibility index (Phi) is 3.64. The van der Waals surface area contributed by atoms with Gasteiger partial charge in [-0.25, -0.2) is 4.79 Å². The first kappa shape index (κ1) is 11.9. The van der Waals surface area contributed by atoms with E-state index in [-0.39, 0.29) is 12.1 Å². The largest absolute Gasteiger partial charge is 0.379 e. The van der Waals surface area contributed by atoms with Gasteiger partial charge in [-0.3, -0.25) is 0 Å². The summed E-state index contributed by atoms with van der Waals surface area (Å²) in [5, 5.41) is 5.81. The van der Waals surface area contributed by atoms with Crippen molar-refractivity contribution in [3.05, 3.63) is 29.3 Å². The molecule has 1 atom stereocenters. The number of para-hydroxylation sites is 1. The van der Waals surface area contributed by atoms with Crippen LogP contribution >= 0.6 is 0 Å². The molecule has 1 unspecified atom stereocenters. The predicted octanol–water partition coefficient (Wildman–Crippen LogP) is 2.21. The van der Waals surface area contributed by atoms with E-state index in [1.807, 2.05) is 32.0 Å². The summed E-state index contributed by atoms with van der Waals surface area (Å²) in [7, 11) is 0. The first-order chi connectivity index (χ1) is 8.16. The van der Waals surface area contributed by atoms with Crippen LogP contribution in [0.1, 0.15) is 17.5 Å². The molecule has 4 nitrogen and oxygen atoms in total. The van der Waals surface area contributed by atoms with Crippen LogP contribution in [0.2, 0.25) is 0 Å². The number of ether oxygens (including phenoxy) is 1. The molecule has 1 aromatic rings. The molecule has 0 aromatic heterocycles. The number of hydrogen-bond donors (Lipinski definition) is 2. The lowest BCUT2D eigenvalue weighted by Gasteiger charge is -2.14. The molecule has 92 valence electrons. The van der Waals surface area contributed by atoms with Crippen LogP contribution < -0.4 is 10.6 Å². The van der Waals surface area contributed by atoms with E-state index < -0.39 is 0 Å². The molecular weight excluding hydrogens is 216 g/mol. The van der Waals surface area contributed by atoms with Crippen LogP contribution in [0.5, 0.6) is 0 Å². The first-order valence-corrected chi connectivity index (χ1v) is 5.88. The van der Waals surface area contributed by atoms with Crippen molar-refractivity contribution in [2.75, 3.05) is 18.5 Å². The number of rotatable bonds is 2. The zero-order chi connectivity index (χ0) is 12.3. The van der Waals surface area contributed by atoms with Crippen LogP contribution in [-0.4, -0.2) is 25.3 Å². The molecule has 2 rings (SSSR count).